The average molecular weight is 288 g/mol. The van der Waals surface area contributed by atoms with Crippen LogP contribution in [0.5, 0.6) is 0 Å². The van der Waals surface area contributed by atoms with E-state index in [1.165, 1.54) is 12.4 Å². The molecule has 108 valence electrons. The summed E-state index contributed by atoms with van der Waals surface area (Å²) in [6, 6.07) is 1.60. The third-order valence-corrected chi connectivity index (χ3v) is 2.21. The number of hydrogen-bond donors (Lipinski definition) is 1. The summed E-state index contributed by atoms with van der Waals surface area (Å²) in [6.45, 7) is -1.44. The summed E-state index contributed by atoms with van der Waals surface area (Å²) in [5.74, 6) is 0.459. The third-order valence-electron chi connectivity index (χ3n) is 2.21. The lowest BCUT2D eigenvalue weighted by Gasteiger charge is -2.05. The van der Waals surface area contributed by atoms with Gasteiger partial charge >= 0.3 is 6.18 Å². The van der Waals surface area contributed by atoms with Crippen LogP contribution in [0.4, 0.5) is 18.9 Å². The van der Waals surface area contributed by atoms with Crippen molar-refractivity contribution in [1.29, 1.82) is 0 Å². The molecule has 0 aliphatic carbocycles. The minimum Gasteiger partial charge on any atom is -0.397 e. The molecule has 2 rings (SSSR count). The van der Waals surface area contributed by atoms with Crippen LogP contribution in [0, 0.1) is 0 Å². The van der Waals surface area contributed by atoms with Crippen molar-refractivity contribution in [2.45, 2.75) is 12.6 Å². The van der Waals surface area contributed by atoms with E-state index in [1.54, 1.807) is 6.07 Å². The monoisotopic (exact) mass is 288 g/mol. The van der Waals surface area contributed by atoms with Gasteiger partial charge < -0.3 is 15.0 Å². The predicted octanol–water partition coefficient (Wildman–Crippen LogP) is 1.84. The van der Waals surface area contributed by atoms with E-state index in [9.17, 15) is 13.2 Å². The van der Waals surface area contributed by atoms with Gasteiger partial charge in [0.05, 0.1) is 17.9 Å². The van der Waals surface area contributed by atoms with Crippen LogP contribution in [-0.2, 0) is 11.2 Å². The number of hydrogen-bond acceptors (Lipinski definition) is 6. The largest absolute Gasteiger partial charge is 0.411 e. The summed E-state index contributed by atoms with van der Waals surface area (Å²) in [6.07, 6.45) is -1.26. The maximum absolute atomic E-state index is 11.9. The standard InChI is InChI=1S/C11H11F3N4O2/c12-11(13,14)6-19-2-1-9-17-10(20-18-9)7-3-8(15)5-16-4-7/h3-5H,1-2,6,15H2. The molecule has 2 N–H and O–H groups in total. The fourth-order valence-corrected chi connectivity index (χ4v) is 1.40. The van der Waals surface area contributed by atoms with Crippen LogP contribution in [0.25, 0.3) is 11.5 Å². The number of pyridine rings is 1. The van der Waals surface area contributed by atoms with Crippen LogP contribution < -0.4 is 5.73 Å². The molecule has 0 saturated heterocycles. The van der Waals surface area contributed by atoms with Crippen molar-refractivity contribution in [2.75, 3.05) is 18.9 Å². The number of aromatic nitrogens is 3. The van der Waals surface area contributed by atoms with Gasteiger partial charge in [0.25, 0.3) is 5.89 Å². The Kier molecular flexibility index (Phi) is 4.18. The summed E-state index contributed by atoms with van der Waals surface area (Å²) in [7, 11) is 0. The fraction of sp³-hybridized carbons (Fsp3) is 0.364. The second-order valence-electron chi connectivity index (χ2n) is 3.94. The normalized spacial score (nSPS) is 11.8. The zero-order valence-electron chi connectivity index (χ0n) is 10.2. The van der Waals surface area contributed by atoms with E-state index in [4.69, 9.17) is 10.3 Å². The van der Waals surface area contributed by atoms with Gasteiger partial charge in [-0.05, 0) is 6.07 Å². The number of rotatable bonds is 5. The van der Waals surface area contributed by atoms with E-state index in [0.717, 1.165) is 0 Å². The lowest BCUT2D eigenvalue weighted by Crippen LogP contribution is -2.18. The molecule has 0 bridgehead atoms. The van der Waals surface area contributed by atoms with Gasteiger partial charge in [0.15, 0.2) is 5.82 Å². The minimum absolute atomic E-state index is 0.120. The molecule has 0 saturated carbocycles. The minimum atomic E-state index is -4.34. The Morgan fingerprint density at radius 3 is 2.80 bits per heavy atom. The summed E-state index contributed by atoms with van der Waals surface area (Å²) in [4.78, 5) is 7.89. The molecule has 0 aliphatic heterocycles. The Morgan fingerprint density at radius 1 is 1.30 bits per heavy atom. The van der Waals surface area contributed by atoms with E-state index >= 15 is 0 Å². The summed E-state index contributed by atoms with van der Waals surface area (Å²) in [5.41, 5.74) is 6.54. The molecule has 0 aromatic carbocycles. The van der Waals surface area contributed by atoms with Crippen LogP contribution in [-0.4, -0.2) is 34.5 Å². The van der Waals surface area contributed by atoms with Gasteiger partial charge in [0.2, 0.25) is 0 Å². The first-order chi connectivity index (χ1) is 9.44. The van der Waals surface area contributed by atoms with E-state index in [1.807, 2.05) is 0 Å². The highest BCUT2D eigenvalue weighted by molar-refractivity contribution is 5.57. The van der Waals surface area contributed by atoms with Crippen LogP contribution in [0.1, 0.15) is 5.82 Å². The summed E-state index contributed by atoms with van der Waals surface area (Å²) < 4.78 is 45.0. The van der Waals surface area contributed by atoms with Crippen molar-refractivity contribution in [3.05, 3.63) is 24.3 Å². The SMILES string of the molecule is Nc1cncc(-c2nc(CCOCC(F)(F)F)no2)c1. The maximum atomic E-state index is 11.9. The number of ether oxygens (including phenoxy) is 1. The fourth-order valence-electron chi connectivity index (χ4n) is 1.40. The van der Waals surface area contributed by atoms with E-state index in [0.29, 0.717) is 11.3 Å². The lowest BCUT2D eigenvalue weighted by molar-refractivity contribution is -0.173. The highest BCUT2D eigenvalue weighted by Gasteiger charge is 2.27. The Hall–Kier alpha value is -2.16. The van der Waals surface area contributed by atoms with Crippen LogP contribution >= 0.6 is 0 Å². The molecule has 2 heterocycles. The molecule has 0 amide bonds. The van der Waals surface area contributed by atoms with Crippen molar-refractivity contribution in [1.82, 2.24) is 15.1 Å². The molecule has 0 radical (unpaired) electrons. The van der Waals surface area contributed by atoms with Gasteiger partial charge in [-0.2, -0.15) is 18.2 Å². The maximum Gasteiger partial charge on any atom is 0.411 e. The Bertz CT molecular complexity index is 571. The molecule has 2 aromatic heterocycles. The average Bonchev–Trinajstić information content (AvgIpc) is 2.82. The number of nitrogens with zero attached hydrogens (tertiary/aromatic N) is 3. The number of halogens is 3. The summed E-state index contributed by atoms with van der Waals surface area (Å²) in [5, 5.41) is 3.64. The molecule has 0 aliphatic rings. The van der Waals surface area contributed by atoms with Crippen molar-refractivity contribution in [3.8, 4) is 11.5 Å². The molecule has 20 heavy (non-hydrogen) atoms. The van der Waals surface area contributed by atoms with Gasteiger partial charge in [0.1, 0.15) is 6.61 Å². The van der Waals surface area contributed by atoms with E-state index < -0.39 is 12.8 Å². The second kappa shape index (κ2) is 5.87. The summed E-state index contributed by atoms with van der Waals surface area (Å²) >= 11 is 0. The number of nitrogens with two attached hydrogens (primary N) is 1. The topological polar surface area (TPSA) is 87.1 Å². The molecule has 2 aromatic rings. The quantitative estimate of drug-likeness (QED) is 0.845. The molecule has 0 fully saturated rings. The van der Waals surface area contributed by atoms with Crippen molar-refractivity contribution in [2.24, 2.45) is 0 Å². The molecule has 6 nitrogen and oxygen atoms in total. The Balaban J connectivity index is 1.90. The van der Waals surface area contributed by atoms with Gasteiger partial charge in [-0.1, -0.05) is 5.16 Å². The van der Waals surface area contributed by atoms with Crippen LogP contribution in [0.2, 0.25) is 0 Å². The predicted molar refractivity (Wildman–Crippen MR) is 62.5 cm³/mol. The van der Waals surface area contributed by atoms with Crippen LogP contribution in [0.3, 0.4) is 0 Å². The molecule has 0 spiro atoms. The van der Waals surface area contributed by atoms with Crippen molar-refractivity contribution >= 4 is 5.69 Å². The molecular weight excluding hydrogens is 277 g/mol. The van der Waals surface area contributed by atoms with Crippen LogP contribution in [0.15, 0.2) is 23.0 Å². The molecule has 9 heteroatoms. The molecular formula is C11H11F3N4O2. The molecule has 0 unspecified atom stereocenters. The first kappa shape index (κ1) is 14.3. The van der Waals surface area contributed by atoms with Crippen molar-refractivity contribution < 1.29 is 22.4 Å². The van der Waals surface area contributed by atoms with Gasteiger partial charge in [0, 0.05) is 18.8 Å². The van der Waals surface area contributed by atoms with Gasteiger partial charge in [-0.3, -0.25) is 4.98 Å². The smallest absolute Gasteiger partial charge is 0.397 e. The second-order valence-corrected chi connectivity index (χ2v) is 3.94. The zero-order chi connectivity index (χ0) is 14.6. The lowest BCUT2D eigenvalue weighted by atomic mass is 10.2. The third kappa shape index (κ3) is 4.19. The number of alkyl halides is 3. The molecule has 0 atom stereocenters. The number of nitrogen functional groups attached to an aromatic ring is 1. The first-order valence-corrected chi connectivity index (χ1v) is 5.62. The zero-order valence-corrected chi connectivity index (χ0v) is 10.2. The van der Waals surface area contributed by atoms with Gasteiger partial charge in [-0.25, -0.2) is 0 Å². The first-order valence-electron chi connectivity index (χ1n) is 5.62. The van der Waals surface area contributed by atoms with E-state index in [-0.39, 0.29) is 24.7 Å². The number of anilines is 1. The highest BCUT2D eigenvalue weighted by Crippen LogP contribution is 2.18. The Labute approximate surface area is 111 Å². The van der Waals surface area contributed by atoms with E-state index in [2.05, 4.69) is 19.9 Å². The van der Waals surface area contributed by atoms with Crippen molar-refractivity contribution in [3.63, 3.8) is 0 Å². The van der Waals surface area contributed by atoms with Gasteiger partial charge in [-0.15, -0.1) is 0 Å². The Morgan fingerprint density at radius 2 is 2.10 bits per heavy atom. The highest BCUT2D eigenvalue weighted by atomic mass is 19.4.